The Bertz CT molecular complexity index is 1500. The van der Waals surface area contributed by atoms with E-state index in [2.05, 4.69) is 5.32 Å². The number of hydrogen-bond acceptors (Lipinski definition) is 7. The number of sulfonamides is 1. The molecule has 3 aromatic carbocycles. The van der Waals surface area contributed by atoms with Gasteiger partial charge < -0.3 is 10.1 Å². The third-order valence-corrected chi connectivity index (χ3v) is 8.19. The summed E-state index contributed by atoms with van der Waals surface area (Å²) in [6.07, 6.45) is -0.356. The number of carbonyl (C=O) groups excluding carboxylic acids is 4. The number of ether oxygens (including phenoxy) is 1. The zero-order valence-corrected chi connectivity index (χ0v) is 22.3. The third kappa shape index (κ3) is 5.89. The van der Waals surface area contributed by atoms with E-state index in [9.17, 15) is 27.6 Å². The van der Waals surface area contributed by atoms with E-state index < -0.39 is 39.9 Å². The van der Waals surface area contributed by atoms with Gasteiger partial charge in [0.05, 0.1) is 17.0 Å². The first-order chi connectivity index (χ1) is 18.5. The van der Waals surface area contributed by atoms with Gasteiger partial charge in [0.15, 0.2) is 0 Å². The second kappa shape index (κ2) is 11.2. The Morgan fingerprint density at radius 1 is 0.949 bits per heavy atom. The molecule has 1 saturated heterocycles. The van der Waals surface area contributed by atoms with Gasteiger partial charge in [-0.15, -0.1) is 0 Å². The van der Waals surface area contributed by atoms with Gasteiger partial charge in [0.25, 0.3) is 5.91 Å². The van der Waals surface area contributed by atoms with Crippen LogP contribution in [0, 0.1) is 0 Å². The van der Waals surface area contributed by atoms with Gasteiger partial charge in [-0.05, 0) is 61.0 Å². The van der Waals surface area contributed by atoms with Crippen molar-refractivity contribution in [2.24, 2.45) is 0 Å². The van der Waals surface area contributed by atoms with Gasteiger partial charge in [-0.1, -0.05) is 30.3 Å². The number of benzene rings is 3. The lowest BCUT2D eigenvalue weighted by Crippen LogP contribution is -2.46. The SMILES string of the molecule is CC(=O)Nc1ccc(S(=O)(=O)N(C2CC(=O)N(c3ccc(OC(C)=O)cc3)C2=O)C(C)c2ccccc2)cc1. The van der Waals surface area contributed by atoms with Crippen LogP contribution in [0.15, 0.2) is 83.8 Å². The van der Waals surface area contributed by atoms with Gasteiger partial charge in [0, 0.05) is 25.6 Å². The van der Waals surface area contributed by atoms with Gasteiger partial charge in [0.2, 0.25) is 21.8 Å². The molecule has 2 unspecified atom stereocenters. The second-order valence-electron chi connectivity index (χ2n) is 9.00. The lowest BCUT2D eigenvalue weighted by atomic mass is 10.1. The number of carbonyl (C=O) groups is 4. The number of imide groups is 1. The van der Waals surface area contributed by atoms with Crippen LogP contribution < -0.4 is 15.0 Å². The monoisotopic (exact) mass is 549 g/mol. The van der Waals surface area contributed by atoms with E-state index in [-0.39, 0.29) is 28.7 Å². The molecule has 1 aliphatic heterocycles. The summed E-state index contributed by atoms with van der Waals surface area (Å²) in [5.74, 6) is -1.84. The van der Waals surface area contributed by atoms with Crippen LogP contribution >= 0.6 is 0 Å². The van der Waals surface area contributed by atoms with Crippen LogP contribution in [-0.4, -0.2) is 42.5 Å². The summed E-state index contributed by atoms with van der Waals surface area (Å²) in [5, 5.41) is 2.59. The first kappa shape index (κ1) is 27.7. The van der Waals surface area contributed by atoms with Crippen molar-refractivity contribution in [3.8, 4) is 5.75 Å². The van der Waals surface area contributed by atoms with Crippen molar-refractivity contribution in [1.82, 2.24) is 4.31 Å². The van der Waals surface area contributed by atoms with Crippen molar-refractivity contribution in [3.05, 3.63) is 84.4 Å². The number of amides is 3. The van der Waals surface area contributed by atoms with Crippen LogP contribution in [-0.2, 0) is 29.2 Å². The van der Waals surface area contributed by atoms with E-state index in [1.807, 2.05) is 0 Å². The van der Waals surface area contributed by atoms with Crippen LogP contribution in [0.2, 0.25) is 0 Å². The molecule has 1 fully saturated rings. The predicted molar refractivity (Wildman–Crippen MR) is 143 cm³/mol. The predicted octanol–water partition coefficient (Wildman–Crippen LogP) is 3.65. The Morgan fingerprint density at radius 3 is 2.13 bits per heavy atom. The number of nitrogens with one attached hydrogen (secondary N) is 1. The maximum absolute atomic E-state index is 14.0. The van der Waals surface area contributed by atoms with Crippen molar-refractivity contribution < 1.29 is 32.3 Å². The molecule has 1 heterocycles. The van der Waals surface area contributed by atoms with Crippen LogP contribution in [0.5, 0.6) is 5.75 Å². The highest BCUT2D eigenvalue weighted by Crippen LogP contribution is 2.36. The van der Waals surface area contributed by atoms with E-state index in [0.717, 1.165) is 9.21 Å². The molecule has 11 heteroatoms. The normalized spacial score (nSPS) is 16.3. The molecule has 1 N–H and O–H groups in total. The topological polar surface area (TPSA) is 130 Å². The van der Waals surface area contributed by atoms with Crippen molar-refractivity contribution in [2.45, 2.75) is 44.2 Å². The molecule has 2 atom stereocenters. The highest BCUT2D eigenvalue weighted by Gasteiger charge is 2.49. The quantitative estimate of drug-likeness (QED) is 0.258. The van der Waals surface area contributed by atoms with Crippen molar-refractivity contribution >= 4 is 45.1 Å². The molecule has 10 nitrogen and oxygen atoms in total. The fourth-order valence-corrected chi connectivity index (χ4v) is 6.24. The molecule has 0 aromatic heterocycles. The van der Waals surface area contributed by atoms with Crippen molar-refractivity contribution in [3.63, 3.8) is 0 Å². The highest BCUT2D eigenvalue weighted by atomic mass is 32.2. The van der Waals surface area contributed by atoms with Gasteiger partial charge >= 0.3 is 5.97 Å². The van der Waals surface area contributed by atoms with Crippen LogP contribution in [0.25, 0.3) is 0 Å². The van der Waals surface area contributed by atoms with Crippen LogP contribution in [0.3, 0.4) is 0 Å². The average Bonchev–Trinajstić information content (AvgIpc) is 3.17. The summed E-state index contributed by atoms with van der Waals surface area (Å²) in [6, 6.07) is 18.1. The Morgan fingerprint density at radius 2 is 1.56 bits per heavy atom. The van der Waals surface area contributed by atoms with Gasteiger partial charge in [-0.25, -0.2) is 13.3 Å². The maximum atomic E-state index is 14.0. The molecule has 1 aliphatic rings. The number of esters is 1. The molecular formula is C28H27N3O7S. The molecule has 4 rings (SSSR count). The first-order valence-electron chi connectivity index (χ1n) is 12.1. The van der Waals surface area contributed by atoms with E-state index in [4.69, 9.17) is 4.74 Å². The van der Waals surface area contributed by atoms with E-state index in [1.54, 1.807) is 37.3 Å². The zero-order chi connectivity index (χ0) is 28.3. The van der Waals surface area contributed by atoms with Crippen LogP contribution in [0.1, 0.15) is 38.8 Å². The lowest BCUT2D eigenvalue weighted by molar-refractivity contribution is -0.132. The molecule has 0 radical (unpaired) electrons. The molecule has 0 saturated carbocycles. The molecule has 0 bridgehead atoms. The van der Waals surface area contributed by atoms with E-state index in [0.29, 0.717) is 11.3 Å². The summed E-state index contributed by atoms with van der Waals surface area (Å²) >= 11 is 0. The molecule has 3 amide bonds. The van der Waals surface area contributed by atoms with E-state index >= 15 is 0 Å². The third-order valence-electron chi connectivity index (χ3n) is 6.20. The molecule has 0 aliphatic carbocycles. The van der Waals surface area contributed by atoms with Gasteiger partial charge in [0.1, 0.15) is 11.8 Å². The molecule has 202 valence electrons. The Hall–Kier alpha value is -4.35. The Balaban J connectivity index is 1.72. The molecule has 3 aromatic rings. The number of rotatable bonds is 8. The molecular weight excluding hydrogens is 522 g/mol. The standard InChI is InChI=1S/C28H27N3O7S/c1-18(21-7-5-4-6-8-21)31(39(36,37)25-15-9-22(10-16-25)29-19(2)32)26-17-27(34)30(28(26)35)23-11-13-24(14-12-23)38-20(3)33/h4-16,18,26H,17H2,1-3H3,(H,29,32). The highest BCUT2D eigenvalue weighted by molar-refractivity contribution is 7.89. The zero-order valence-electron chi connectivity index (χ0n) is 21.5. The smallest absolute Gasteiger partial charge is 0.308 e. The molecule has 39 heavy (non-hydrogen) atoms. The van der Waals surface area contributed by atoms with E-state index in [1.165, 1.54) is 62.4 Å². The minimum atomic E-state index is -4.30. The summed E-state index contributed by atoms with van der Waals surface area (Å²) < 4.78 is 34.1. The fraction of sp³-hybridized carbons (Fsp3) is 0.214. The number of anilines is 2. The first-order valence-corrected chi connectivity index (χ1v) is 13.5. The average molecular weight is 550 g/mol. The lowest BCUT2D eigenvalue weighted by Gasteiger charge is -2.32. The minimum absolute atomic E-state index is 0.0937. The van der Waals surface area contributed by atoms with Crippen molar-refractivity contribution in [2.75, 3.05) is 10.2 Å². The largest absolute Gasteiger partial charge is 0.427 e. The Kier molecular flexibility index (Phi) is 7.93. The number of hydrogen-bond donors (Lipinski definition) is 1. The minimum Gasteiger partial charge on any atom is -0.427 e. The second-order valence-corrected chi connectivity index (χ2v) is 10.8. The van der Waals surface area contributed by atoms with Crippen LogP contribution in [0.4, 0.5) is 11.4 Å². The fourth-order valence-electron chi connectivity index (χ4n) is 4.47. The van der Waals surface area contributed by atoms with Gasteiger partial charge in [-0.3, -0.25) is 19.2 Å². The summed E-state index contributed by atoms with van der Waals surface area (Å²) in [7, 11) is -4.30. The number of nitrogens with zero attached hydrogens (tertiary/aromatic N) is 2. The Labute approximate surface area is 226 Å². The molecule has 0 spiro atoms. The summed E-state index contributed by atoms with van der Waals surface area (Å²) in [6.45, 7) is 4.25. The maximum Gasteiger partial charge on any atom is 0.308 e. The van der Waals surface area contributed by atoms with Crippen molar-refractivity contribution in [1.29, 1.82) is 0 Å². The summed E-state index contributed by atoms with van der Waals surface area (Å²) in [4.78, 5) is 50.2. The summed E-state index contributed by atoms with van der Waals surface area (Å²) in [5.41, 5.74) is 1.28. The van der Waals surface area contributed by atoms with Gasteiger partial charge in [-0.2, -0.15) is 4.31 Å².